The average molecular weight is 288 g/mol. The van der Waals surface area contributed by atoms with E-state index in [2.05, 4.69) is 36.6 Å². The topological polar surface area (TPSA) is 47.3 Å². The van der Waals surface area contributed by atoms with Gasteiger partial charge in [-0.1, -0.05) is 37.3 Å². The minimum Gasteiger partial charge on any atom is -0.494 e. The largest absolute Gasteiger partial charge is 0.494 e. The van der Waals surface area contributed by atoms with Crippen LogP contribution in [0, 0.1) is 5.82 Å². The van der Waals surface area contributed by atoms with E-state index in [9.17, 15) is 4.39 Å². The average Bonchev–Trinajstić information content (AvgIpc) is 2.54. The molecule has 0 spiro atoms. The van der Waals surface area contributed by atoms with E-state index in [1.807, 2.05) is 0 Å². The molecule has 4 heteroatoms. The van der Waals surface area contributed by atoms with Gasteiger partial charge in [-0.25, -0.2) is 4.39 Å². The van der Waals surface area contributed by atoms with Gasteiger partial charge in [0.15, 0.2) is 11.6 Å². The van der Waals surface area contributed by atoms with E-state index in [0.29, 0.717) is 0 Å². The normalized spacial score (nSPS) is 12.2. The van der Waals surface area contributed by atoms with Crippen molar-refractivity contribution >= 4 is 0 Å². The predicted octanol–water partition coefficient (Wildman–Crippen LogP) is 3.14. The Morgan fingerprint density at radius 1 is 1.14 bits per heavy atom. The Bertz CT molecular complexity index is 584. The molecule has 0 aliphatic heterocycles. The smallest absolute Gasteiger partial charge is 0.165 e. The molecule has 2 aromatic rings. The van der Waals surface area contributed by atoms with E-state index in [-0.39, 0.29) is 17.6 Å². The molecule has 0 aliphatic rings. The van der Waals surface area contributed by atoms with Gasteiger partial charge in [0.1, 0.15) is 0 Å². The van der Waals surface area contributed by atoms with Crippen LogP contribution in [-0.4, -0.2) is 7.11 Å². The summed E-state index contributed by atoms with van der Waals surface area (Å²) in [7, 11) is 1.45. The van der Waals surface area contributed by atoms with Crippen LogP contribution in [0.2, 0.25) is 0 Å². The van der Waals surface area contributed by atoms with Gasteiger partial charge in [0.05, 0.1) is 13.2 Å². The van der Waals surface area contributed by atoms with Crippen LogP contribution in [0.1, 0.15) is 29.7 Å². The molecular formula is C17H21FN2O. The van der Waals surface area contributed by atoms with Gasteiger partial charge in [-0.3, -0.25) is 11.3 Å². The predicted molar refractivity (Wildman–Crippen MR) is 82.5 cm³/mol. The SMILES string of the molecule is CCc1ccc(CC(NN)c2ccc(F)c(OC)c2)cc1. The highest BCUT2D eigenvalue weighted by Gasteiger charge is 2.13. The minimum atomic E-state index is -0.371. The van der Waals surface area contributed by atoms with E-state index < -0.39 is 0 Å². The maximum Gasteiger partial charge on any atom is 0.165 e. The molecule has 0 saturated carbocycles. The Morgan fingerprint density at radius 2 is 1.81 bits per heavy atom. The third-order valence-electron chi connectivity index (χ3n) is 3.65. The quantitative estimate of drug-likeness (QED) is 0.634. The highest BCUT2D eigenvalue weighted by molar-refractivity contribution is 5.33. The Balaban J connectivity index is 2.18. The van der Waals surface area contributed by atoms with Crippen molar-refractivity contribution in [2.24, 2.45) is 5.84 Å². The number of benzene rings is 2. The number of nitrogens with two attached hydrogens (primary N) is 1. The lowest BCUT2D eigenvalue weighted by molar-refractivity contribution is 0.384. The Hall–Kier alpha value is -1.91. The van der Waals surface area contributed by atoms with Crippen LogP contribution in [0.3, 0.4) is 0 Å². The van der Waals surface area contributed by atoms with Crippen LogP contribution in [0.15, 0.2) is 42.5 Å². The maximum atomic E-state index is 13.5. The van der Waals surface area contributed by atoms with Crippen molar-refractivity contribution < 1.29 is 9.13 Å². The van der Waals surface area contributed by atoms with Gasteiger partial charge in [0.25, 0.3) is 0 Å². The lowest BCUT2D eigenvalue weighted by Crippen LogP contribution is -2.29. The fraction of sp³-hybridized carbons (Fsp3) is 0.294. The molecule has 0 heterocycles. The zero-order valence-electron chi connectivity index (χ0n) is 12.4. The van der Waals surface area contributed by atoms with Gasteiger partial charge in [-0.15, -0.1) is 0 Å². The van der Waals surface area contributed by atoms with Crippen molar-refractivity contribution in [3.63, 3.8) is 0 Å². The molecule has 0 radical (unpaired) electrons. The van der Waals surface area contributed by atoms with Crippen LogP contribution < -0.4 is 16.0 Å². The molecule has 0 aromatic heterocycles. The summed E-state index contributed by atoms with van der Waals surface area (Å²) in [4.78, 5) is 0. The first-order valence-corrected chi connectivity index (χ1v) is 7.05. The molecule has 0 saturated heterocycles. The summed E-state index contributed by atoms with van der Waals surface area (Å²) in [5.74, 6) is 5.51. The van der Waals surface area contributed by atoms with Gasteiger partial charge in [-0.2, -0.15) is 0 Å². The number of aryl methyl sites for hydroxylation is 1. The number of hydrogen-bond acceptors (Lipinski definition) is 3. The van der Waals surface area contributed by atoms with Crippen molar-refractivity contribution in [2.45, 2.75) is 25.8 Å². The van der Waals surface area contributed by atoms with Crippen LogP contribution in [0.5, 0.6) is 5.75 Å². The van der Waals surface area contributed by atoms with Gasteiger partial charge in [0, 0.05) is 0 Å². The molecule has 2 aromatic carbocycles. The fourth-order valence-corrected chi connectivity index (χ4v) is 2.31. The maximum absolute atomic E-state index is 13.5. The second-order valence-electron chi connectivity index (χ2n) is 4.99. The van der Waals surface area contributed by atoms with Crippen molar-refractivity contribution in [2.75, 3.05) is 7.11 Å². The number of nitrogens with one attached hydrogen (secondary N) is 1. The van der Waals surface area contributed by atoms with Gasteiger partial charge < -0.3 is 4.74 Å². The lowest BCUT2D eigenvalue weighted by atomic mass is 9.98. The summed E-state index contributed by atoms with van der Waals surface area (Å²) in [5.41, 5.74) is 6.17. The zero-order chi connectivity index (χ0) is 15.2. The van der Waals surface area contributed by atoms with Crippen LogP contribution in [-0.2, 0) is 12.8 Å². The number of ether oxygens (including phenoxy) is 1. The molecule has 1 atom stereocenters. The van der Waals surface area contributed by atoms with E-state index >= 15 is 0 Å². The number of rotatable bonds is 6. The number of halogens is 1. The number of methoxy groups -OCH3 is 1. The molecule has 3 N–H and O–H groups in total. The van der Waals surface area contributed by atoms with Gasteiger partial charge in [0.2, 0.25) is 0 Å². The number of hydrazine groups is 1. The Labute approximate surface area is 124 Å². The molecule has 1 unspecified atom stereocenters. The molecule has 0 bridgehead atoms. The third kappa shape index (κ3) is 3.80. The van der Waals surface area contributed by atoms with E-state index in [4.69, 9.17) is 10.6 Å². The van der Waals surface area contributed by atoms with E-state index in [1.165, 1.54) is 24.3 Å². The van der Waals surface area contributed by atoms with Crippen molar-refractivity contribution in [3.8, 4) is 5.75 Å². The van der Waals surface area contributed by atoms with Crippen LogP contribution in [0.25, 0.3) is 0 Å². The van der Waals surface area contributed by atoms with Crippen molar-refractivity contribution in [1.29, 1.82) is 0 Å². The highest BCUT2D eigenvalue weighted by atomic mass is 19.1. The molecule has 3 nitrogen and oxygen atoms in total. The second kappa shape index (κ2) is 7.20. The first-order chi connectivity index (χ1) is 10.2. The van der Waals surface area contributed by atoms with Crippen molar-refractivity contribution in [3.05, 3.63) is 65.0 Å². The van der Waals surface area contributed by atoms with Gasteiger partial charge >= 0.3 is 0 Å². The molecule has 21 heavy (non-hydrogen) atoms. The zero-order valence-corrected chi connectivity index (χ0v) is 12.4. The first kappa shape index (κ1) is 15.5. The van der Waals surface area contributed by atoms with E-state index in [0.717, 1.165) is 18.4 Å². The summed E-state index contributed by atoms with van der Waals surface area (Å²) in [6.07, 6.45) is 1.75. The van der Waals surface area contributed by atoms with Crippen LogP contribution >= 0.6 is 0 Å². The summed E-state index contributed by atoms with van der Waals surface area (Å²) in [5, 5.41) is 0. The summed E-state index contributed by atoms with van der Waals surface area (Å²) in [6, 6.07) is 13.2. The molecule has 0 fully saturated rings. The summed E-state index contributed by atoms with van der Waals surface area (Å²) < 4.78 is 18.5. The Morgan fingerprint density at radius 3 is 2.38 bits per heavy atom. The Kier molecular flexibility index (Phi) is 5.31. The number of hydrogen-bond donors (Lipinski definition) is 2. The third-order valence-corrected chi connectivity index (χ3v) is 3.65. The summed E-state index contributed by atoms with van der Waals surface area (Å²) in [6.45, 7) is 2.13. The standard InChI is InChI=1S/C17H21FN2O/c1-3-12-4-6-13(7-5-12)10-16(20-19)14-8-9-15(18)17(11-14)21-2/h4-9,11,16,20H,3,10,19H2,1-2H3. The summed E-state index contributed by atoms with van der Waals surface area (Å²) >= 11 is 0. The molecule has 0 aliphatic carbocycles. The monoisotopic (exact) mass is 288 g/mol. The van der Waals surface area contributed by atoms with Crippen LogP contribution in [0.4, 0.5) is 4.39 Å². The minimum absolute atomic E-state index is 0.0908. The fourth-order valence-electron chi connectivity index (χ4n) is 2.31. The second-order valence-corrected chi connectivity index (χ2v) is 4.99. The van der Waals surface area contributed by atoms with Gasteiger partial charge in [-0.05, 0) is 41.7 Å². The highest BCUT2D eigenvalue weighted by Crippen LogP contribution is 2.24. The van der Waals surface area contributed by atoms with Crippen molar-refractivity contribution in [1.82, 2.24) is 5.43 Å². The molecule has 0 amide bonds. The van der Waals surface area contributed by atoms with E-state index in [1.54, 1.807) is 12.1 Å². The molecule has 2 rings (SSSR count). The molecular weight excluding hydrogens is 267 g/mol. The molecule has 112 valence electrons. The first-order valence-electron chi connectivity index (χ1n) is 7.05. The lowest BCUT2D eigenvalue weighted by Gasteiger charge is -2.17.